The fourth-order valence-corrected chi connectivity index (χ4v) is 2.31. The Kier molecular flexibility index (Phi) is 4.57. The molecule has 5 nitrogen and oxygen atoms in total. The van der Waals surface area contributed by atoms with Gasteiger partial charge in [0.25, 0.3) is 5.91 Å². The Morgan fingerprint density at radius 2 is 1.88 bits per heavy atom. The van der Waals surface area contributed by atoms with Crippen molar-refractivity contribution in [2.75, 3.05) is 5.32 Å². The first-order chi connectivity index (χ1) is 11.7. The molecule has 0 heterocycles. The van der Waals surface area contributed by atoms with Crippen molar-refractivity contribution in [2.24, 2.45) is 5.92 Å². The third-order valence-electron chi connectivity index (χ3n) is 3.88. The van der Waals surface area contributed by atoms with E-state index in [1.165, 1.54) is 0 Å². The summed E-state index contributed by atoms with van der Waals surface area (Å²) in [5, 5.41) is 14.6. The van der Waals surface area contributed by atoms with E-state index in [9.17, 15) is 9.59 Å². The molecule has 2 aromatic rings. The summed E-state index contributed by atoms with van der Waals surface area (Å²) in [6.45, 7) is 0.381. The Morgan fingerprint density at radius 1 is 1.12 bits per heavy atom. The molecule has 0 unspecified atom stereocenters. The quantitative estimate of drug-likeness (QED) is 0.889. The molecule has 0 saturated heterocycles. The zero-order chi connectivity index (χ0) is 16.9. The third kappa shape index (κ3) is 3.99. The van der Waals surface area contributed by atoms with Gasteiger partial charge in [-0.2, -0.15) is 5.26 Å². The summed E-state index contributed by atoms with van der Waals surface area (Å²) in [7, 11) is 0. The van der Waals surface area contributed by atoms with Crippen molar-refractivity contribution in [3.05, 3.63) is 65.2 Å². The van der Waals surface area contributed by atoms with Gasteiger partial charge in [0.2, 0.25) is 5.91 Å². The van der Waals surface area contributed by atoms with E-state index in [0.717, 1.165) is 24.1 Å². The molecule has 3 rings (SSSR count). The van der Waals surface area contributed by atoms with Crippen LogP contribution in [0.2, 0.25) is 0 Å². The zero-order valence-corrected chi connectivity index (χ0v) is 13.1. The average Bonchev–Trinajstić information content (AvgIpc) is 3.46. The van der Waals surface area contributed by atoms with Crippen LogP contribution in [0.3, 0.4) is 0 Å². The summed E-state index contributed by atoms with van der Waals surface area (Å²) in [5.74, 6) is 0.0276. The van der Waals surface area contributed by atoms with Gasteiger partial charge in [-0.15, -0.1) is 0 Å². The monoisotopic (exact) mass is 319 g/mol. The van der Waals surface area contributed by atoms with Crippen molar-refractivity contribution < 1.29 is 9.59 Å². The molecule has 0 bridgehead atoms. The van der Waals surface area contributed by atoms with Crippen LogP contribution in [0.4, 0.5) is 5.69 Å². The van der Waals surface area contributed by atoms with E-state index in [4.69, 9.17) is 5.26 Å². The van der Waals surface area contributed by atoms with Gasteiger partial charge in [0, 0.05) is 23.7 Å². The average molecular weight is 319 g/mol. The second kappa shape index (κ2) is 6.97. The van der Waals surface area contributed by atoms with Crippen LogP contribution >= 0.6 is 0 Å². The molecule has 5 heteroatoms. The molecule has 0 atom stereocenters. The largest absolute Gasteiger partial charge is 0.348 e. The predicted molar refractivity (Wildman–Crippen MR) is 90.1 cm³/mol. The lowest BCUT2D eigenvalue weighted by Crippen LogP contribution is -2.22. The number of anilines is 1. The normalized spacial score (nSPS) is 13.0. The van der Waals surface area contributed by atoms with Crippen LogP contribution in [0, 0.1) is 17.2 Å². The number of amides is 2. The van der Waals surface area contributed by atoms with E-state index in [-0.39, 0.29) is 17.7 Å². The molecule has 0 radical (unpaired) electrons. The van der Waals surface area contributed by atoms with Gasteiger partial charge in [-0.25, -0.2) is 0 Å². The van der Waals surface area contributed by atoms with E-state index in [0.29, 0.717) is 17.7 Å². The van der Waals surface area contributed by atoms with Crippen molar-refractivity contribution in [3.8, 4) is 6.07 Å². The molecule has 24 heavy (non-hydrogen) atoms. The molecule has 1 aliphatic carbocycles. The third-order valence-corrected chi connectivity index (χ3v) is 3.88. The van der Waals surface area contributed by atoms with Gasteiger partial charge >= 0.3 is 0 Å². The Labute approximate surface area is 140 Å². The van der Waals surface area contributed by atoms with E-state index in [1.54, 1.807) is 24.3 Å². The van der Waals surface area contributed by atoms with Crippen LogP contribution in [-0.2, 0) is 11.3 Å². The summed E-state index contributed by atoms with van der Waals surface area (Å²) in [6, 6.07) is 16.0. The highest BCUT2D eigenvalue weighted by molar-refractivity contribution is 5.95. The van der Waals surface area contributed by atoms with E-state index in [1.807, 2.05) is 30.3 Å². The lowest BCUT2D eigenvalue weighted by molar-refractivity contribution is -0.117. The van der Waals surface area contributed by atoms with Crippen LogP contribution in [-0.4, -0.2) is 11.8 Å². The van der Waals surface area contributed by atoms with Crippen LogP contribution in [0.5, 0.6) is 0 Å². The second-order valence-corrected chi connectivity index (χ2v) is 5.84. The number of nitrogens with zero attached hydrogens (tertiary/aromatic N) is 1. The second-order valence-electron chi connectivity index (χ2n) is 5.84. The lowest BCUT2D eigenvalue weighted by Gasteiger charge is -2.08. The first-order valence-corrected chi connectivity index (χ1v) is 7.84. The summed E-state index contributed by atoms with van der Waals surface area (Å²) >= 11 is 0. The van der Waals surface area contributed by atoms with Gasteiger partial charge in [0.1, 0.15) is 0 Å². The summed E-state index contributed by atoms with van der Waals surface area (Å²) in [6.07, 6.45) is 1.95. The number of nitrogens with one attached hydrogen (secondary N) is 2. The molecular formula is C19H17N3O2. The van der Waals surface area contributed by atoms with Gasteiger partial charge in [-0.1, -0.05) is 18.2 Å². The number of carbonyl (C=O) groups excluding carboxylic acids is 2. The number of hydrogen-bond donors (Lipinski definition) is 2. The Hall–Kier alpha value is -3.13. The summed E-state index contributed by atoms with van der Waals surface area (Å²) in [5.41, 5.74) is 2.62. The molecule has 1 saturated carbocycles. The maximum atomic E-state index is 12.1. The van der Waals surface area contributed by atoms with Crippen molar-refractivity contribution >= 4 is 17.5 Å². The minimum absolute atomic E-state index is 0.0772. The van der Waals surface area contributed by atoms with Gasteiger partial charge in [-0.3, -0.25) is 9.59 Å². The summed E-state index contributed by atoms with van der Waals surface area (Å²) < 4.78 is 0. The minimum atomic E-state index is -0.224. The van der Waals surface area contributed by atoms with Crippen LogP contribution < -0.4 is 10.6 Å². The van der Waals surface area contributed by atoms with Crippen LogP contribution in [0.25, 0.3) is 0 Å². The van der Waals surface area contributed by atoms with Crippen molar-refractivity contribution in [1.82, 2.24) is 5.32 Å². The maximum Gasteiger partial charge on any atom is 0.251 e. The lowest BCUT2D eigenvalue weighted by atomic mass is 10.1. The van der Waals surface area contributed by atoms with Crippen molar-refractivity contribution in [3.63, 3.8) is 0 Å². The highest BCUT2D eigenvalue weighted by Crippen LogP contribution is 2.30. The van der Waals surface area contributed by atoms with Gasteiger partial charge < -0.3 is 10.6 Å². The Balaban J connectivity index is 1.55. The van der Waals surface area contributed by atoms with Crippen molar-refractivity contribution in [1.29, 1.82) is 5.26 Å². The topological polar surface area (TPSA) is 82.0 Å². The molecule has 0 aliphatic heterocycles. The molecule has 2 N–H and O–H groups in total. The number of carbonyl (C=O) groups is 2. The summed E-state index contributed by atoms with van der Waals surface area (Å²) in [4.78, 5) is 23.8. The number of rotatable bonds is 5. The molecule has 2 amide bonds. The first kappa shape index (κ1) is 15.8. The maximum absolute atomic E-state index is 12.1. The fourth-order valence-electron chi connectivity index (χ4n) is 2.31. The minimum Gasteiger partial charge on any atom is -0.348 e. The highest BCUT2D eigenvalue weighted by atomic mass is 16.2. The van der Waals surface area contributed by atoms with Gasteiger partial charge in [-0.05, 0) is 48.7 Å². The van der Waals surface area contributed by atoms with Crippen molar-refractivity contribution in [2.45, 2.75) is 19.4 Å². The Bertz CT molecular complexity index is 802. The molecule has 0 aromatic heterocycles. The Morgan fingerprint density at radius 3 is 2.54 bits per heavy atom. The zero-order valence-electron chi connectivity index (χ0n) is 13.1. The van der Waals surface area contributed by atoms with E-state index in [2.05, 4.69) is 10.6 Å². The number of benzene rings is 2. The van der Waals surface area contributed by atoms with E-state index >= 15 is 0 Å². The molecule has 2 aromatic carbocycles. The van der Waals surface area contributed by atoms with Gasteiger partial charge in [0.15, 0.2) is 0 Å². The van der Waals surface area contributed by atoms with Crippen LogP contribution in [0.15, 0.2) is 48.5 Å². The van der Waals surface area contributed by atoms with Gasteiger partial charge in [0.05, 0.1) is 11.6 Å². The molecular weight excluding hydrogens is 302 g/mol. The standard InChI is InChI=1S/C19H17N3O2/c20-11-14-2-1-3-16(10-14)18(23)21-12-13-4-8-17(9-5-13)22-19(24)15-6-7-15/h1-5,8-10,15H,6-7,12H2,(H,21,23)(H,22,24). The predicted octanol–water partition coefficient (Wildman–Crippen LogP) is 2.84. The van der Waals surface area contributed by atoms with E-state index < -0.39 is 0 Å². The molecule has 1 fully saturated rings. The molecule has 1 aliphatic rings. The fraction of sp³-hybridized carbons (Fsp3) is 0.211. The first-order valence-electron chi connectivity index (χ1n) is 7.84. The smallest absolute Gasteiger partial charge is 0.251 e. The molecule has 120 valence electrons. The van der Waals surface area contributed by atoms with Crippen LogP contribution in [0.1, 0.15) is 34.3 Å². The molecule has 0 spiro atoms. The number of hydrogen-bond acceptors (Lipinski definition) is 3. The number of nitriles is 1. The SMILES string of the molecule is N#Cc1cccc(C(=O)NCc2ccc(NC(=O)C3CC3)cc2)c1. The highest BCUT2D eigenvalue weighted by Gasteiger charge is 2.29.